The summed E-state index contributed by atoms with van der Waals surface area (Å²) in [6.45, 7) is 5.77. The molecule has 0 aromatic heterocycles. The summed E-state index contributed by atoms with van der Waals surface area (Å²) in [5, 5.41) is 11.9. The van der Waals surface area contributed by atoms with E-state index in [1.54, 1.807) is 7.11 Å². The quantitative estimate of drug-likeness (QED) is 0.695. The summed E-state index contributed by atoms with van der Waals surface area (Å²) in [6, 6.07) is 5.93. The van der Waals surface area contributed by atoms with Crippen molar-refractivity contribution in [3.63, 3.8) is 0 Å². The highest BCUT2D eigenvalue weighted by atomic mass is 16.5. The van der Waals surface area contributed by atoms with Crippen LogP contribution < -0.4 is 14.8 Å². The molecule has 0 spiro atoms. The third-order valence-corrected chi connectivity index (χ3v) is 2.43. The molecule has 1 rings (SSSR count). The Balaban J connectivity index is 2.60. The summed E-state index contributed by atoms with van der Waals surface area (Å²) < 4.78 is 11.0. The van der Waals surface area contributed by atoms with E-state index in [1.807, 2.05) is 32.0 Å². The first kappa shape index (κ1) is 14.8. The molecule has 0 saturated heterocycles. The highest BCUT2D eigenvalue weighted by Gasteiger charge is 2.07. The Morgan fingerprint density at radius 3 is 2.67 bits per heavy atom. The molecular weight excluding hydrogens is 230 g/mol. The molecule has 0 radical (unpaired) electrons. The van der Waals surface area contributed by atoms with E-state index in [0.29, 0.717) is 0 Å². The highest BCUT2D eigenvalue weighted by molar-refractivity contribution is 5.43. The lowest BCUT2D eigenvalue weighted by molar-refractivity contribution is 0.230. The molecule has 18 heavy (non-hydrogen) atoms. The fourth-order valence-electron chi connectivity index (χ4n) is 1.61. The molecule has 1 aromatic carbocycles. The average molecular weight is 253 g/mol. The number of hydrogen-bond donors (Lipinski definition) is 2. The molecule has 0 unspecified atom stereocenters. The van der Waals surface area contributed by atoms with Crippen molar-refractivity contribution in [2.24, 2.45) is 0 Å². The number of nitrogens with one attached hydrogen (secondary N) is 1. The van der Waals surface area contributed by atoms with E-state index in [1.165, 1.54) is 0 Å². The Bertz CT molecular complexity index is 353. The van der Waals surface area contributed by atoms with Crippen LogP contribution in [-0.4, -0.2) is 31.5 Å². The lowest BCUT2D eigenvalue weighted by Crippen LogP contribution is -2.15. The molecule has 0 saturated carbocycles. The largest absolute Gasteiger partial charge is 0.493 e. The van der Waals surface area contributed by atoms with Crippen LogP contribution in [0.2, 0.25) is 0 Å². The Hall–Kier alpha value is -1.26. The van der Waals surface area contributed by atoms with Crippen molar-refractivity contribution >= 4 is 0 Å². The van der Waals surface area contributed by atoms with Crippen molar-refractivity contribution in [2.45, 2.75) is 32.9 Å². The van der Waals surface area contributed by atoms with Gasteiger partial charge in [-0.15, -0.1) is 0 Å². The molecule has 4 nitrogen and oxygen atoms in total. The van der Waals surface area contributed by atoms with Gasteiger partial charge in [0.15, 0.2) is 11.5 Å². The van der Waals surface area contributed by atoms with Gasteiger partial charge in [0.2, 0.25) is 0 Å². The summed E-state index contributed by atoms with van der Waals surface area (Å²) in [4.78, 5) is 0. The van der Waals surface area contributed by atoms with Crippen LogP contribution in [0.4, 0.5) is 0 Å². The number of ether oxygens (including phenoxy) is 2. The zero-order valence-electron chi connectivity index (χ0n) is 11.4. The van der Waals surface area contributed by atoms with E-state index < -0.39 is 0 Å². The van der Waals surface area contributed by atoms with Crippen LogP contribution in [0.3, 0.4) is 0 Å². The maximum atomic E-state index is 8.69. The molecule has 0 atom stereocenters. The summed E-state index contributed by atoms with van der Waals surface area (Å²) in [5.74, 6) is 1.52. The standard InChI is InChI=1S/C14H23NO3/c1-11(2)18-13-6-5-12(9-14(13)17-3)10-15-7-4-8-16/h5-6,9,11,15-16H,4,7-8,10H2,1-3H3. The van der Waals surface area contributed by atoms with Gasteiger partial charge >= 0.3 is 0 Å². The van der Waals surface area contributed by atoms with Crippen molar-refractivity contribution in [1.82, 2.24) is 5.32 Å². The molecule has 0 bridgehead atoms. The smallest absolute Gasteiger partial charge is 0.161 e. The fraction of sp³-hybridized carbons (Fsp3) is 0.571. The molecule has 0 heterocycles. The SMILES string of the molecule is COc1cc(CNCCCO)ccc1OC(C)C. The van der Waals surface area contributed by atoms with Gasteiger partial charge in [0, 0.05) is 13.2 Å². The summed E-state index contributed by atoms with van der Waals surface area (Å²) in [5.41, 5.74) is 1.14. The zero-order chi connectivity index (χ0) is 13.4. The molecule has 102 valence electrons. The molecule has 0 aliphatic carbocycles. The monoisotopic (exact) mass is 253 g/mol. The van der Waals surface area contributed by atoms with Crippen molar-refractivity contribution in [3.8, 4) is 11.5 Å². The van der Waals surface area contributed by atoms with Crippen LogP contribution in [0, 0.1) is 0 Å². The van der Waals surface area contributed by atoms with Crippen LogP contribution in [0.15, 0.2) is 18.2 Å². The predicted octanol–water partition coefficient (Wildman–Crippen LogP) is 1.95. The minimum Gasteiger partial charge on any atom is -0.493 e. The average Bonchev–Trinajstić information content (AvgIpc) is 2.35. The lowest BCUT2D eigenvalue weighted by Gasteiger charge is -2.14. The lowest BCUT2D eigenvalue weighted by atomic mass is 10.2. The maximum Gasteiger partial charge on any atom is 0.161 e. The van der Waals surface area contributed by atoms with Crippen molar-refractivity contribution in [1.29, 1.82) is 0 Å². The highest BCUT2D eigenvalue weighted by Crippen LogP contribution is 2.28. The van der Waals surface area contributed by atoms with Crippen molar-refractivity contribution in [3.05, 3.63) is 23.8 Å². The third-order valence-electron chi connectivity index (χ3n) is 2.43. The van der Waals surface area contributed by atoms with E-state index in [-0.39, 0.29) is 12.7 Å². The Morgan fingerprint density at radius 1 is 1.28 bits per heavy atom. The van der Waals surface area contributed by atoms with E-state index in [2.05, 4.69) is 5.32 Å². The third kappa shape index (κ3) is 4.94. The zero-order valence-corrected chi connectivity index (χ0v) is 11.4. The molecule has 1 aromatic rings. The van der Waals surface area contributed by atoms with Crippen molar-refractivity contribution in [2.75, 3.05) is 20.3 Å². The molecule has 4 heteroatoms. The number of aliphatic hydroxyl groups excluding tert-OH is 1. The molecule has 0 aliphatic rings. The Morgan fingerprint density at radius 2 is 2.06 bits per heavy atom. The summed E-state index contributed by atoms with van der Waals surface area (Å²) >= 11 is 0. The first-order chi connectivity index (χ1) is 8.67. The van der Waals surface area contributed by atoms with Gasteiger partial charge in [-0.05, 0) is 44.5 Å². The number of benzene rings is 1. The Kier molecular flexibility index (Phi) is 6.54. The minimum atomic E-state index is 0.132. The van der Waals surface area contributed by atoms with Gasteiger partial charge in [-0.1, -0.05) is 6.07 Å². The van der Waals surface area contributed by atoms with E-state index in [4.69, 9.17) is 14.6 Å². The number of rotatable bonds is 8. The fourth-order valence-corrected chi connectivity index (χ4v) is 1.61. The Labute approximate surface area is 109 Å². The van der Waals surface area contributed by atoms with Crippen LogP contribution in [0.1, 0.15) is 25.8 Å². The molecule has 0 aliphatic heterocycles. The van der Waals surface area contributed by atoms with Crippen LogP contribution in [0.25, 0.3) is 0 Å². The van der Waals surface area contributed by atoms with Gasteiger partial charge in [0.25, 0.3) is 0 Å². The van der Waals surface area contributed by atoms with Gasteiger partial charge in [-0.2, -0.15) is 0 Å². The second kappa shape index (κ2) is 7.95. The minimum absolute atomic E-state index is 0.132. The molecule has 0 fully saturated rings. The van der Waals surface area contributed by atoms with Gasteiger partial charge in [0.1, 0.15) is 0 Å². The number of aliphatic hydroxyl groups is 1. The van der Waals surface area contributed by atoms with Gasteiger partial charge < -0.3 is 19.9 Å². The van der Waals surface area contributed by atoms with Crippen molar-refractivity contribution < 1.29 is 14.6 Å². The molecular formula is C14H23NO3. The van der Waals surface area contributed by atoms with Gasteiger partial charge in [-0.3, -0.25) is 0 Å². The number of hydrogen-bond acceptors (Lipinski definition) is 4. The normalized spacial score (nSPS) is 10.7. The molecule has 0 amide bonds. The maximum absolute atomic E-state index is 8.69. The van der Waals surface area contributed by atoms with E-state index in [9.17, 15) is 0 Å². The van der Waals surface area contributed by atoms with Crippen LogP contribution in [-0.2, 0) is 6.54 Å². The second-order valence-electron chi connectivity index (χ2n) is 4.41. The first-order valence-electron chi connectivity index (χ1n) is 6.32. The van der Waals surface area contributed by atoms with E-state index >= 15 is 0 Å². The van der Waals surface area contributed by atoms with Gasteiger partial charge in [-0.25, -0.2) is 0 Å². The van der Waals surface area contributed by atoms with Crippen LogP contribution >= 0.6 is 0 Å². The number of methoxy groups -OCH3 is 1. The first-order valence-corrected chi connectivity index (χ1v) is 6.32. The van der Waals surface area contributed by atoms with E-state index in [0.717, 1.165) is 36.6 Å². The summed E-state index contributed by atoms with van der Waals surface area (Å²) in [6.07, 6.45) is 0.901. The summed E-state index contributed by atoms with van der Waals surface area (Å²) in [7, 11) is 1.64. The van der Waals surface area contributed by atoms with Crippen LogP contribution in [0.5, 0.6) is 11.5 Å². The molecule has 2 N–H and O–H groups in total. The second-order valence-corrected chi connectivity index (χ2v) is 4.41. The topological polar surface area (TPSA) is 50.7 Å². The van der Waals surface area contributed by atoms with Gasteiger partial charge in [0.05, 0.1) is 13.2 Å². The predicted molar refractivity (Wildman–Crippen MR) is 72.2 cm³/mol.